The van der Waals surface area contributed by atoms with Crippen LogP contribution in [0, 0.1) is 13.8 Å². The van der Waals surface area contributed by atoms with E-state index in [-0.39, 0.29) is 24.3 Å². The fraction of sp³-hybridized carbons (Fsp3) is 0.611. The molecule has 2 heterocycles. The van der Waals surface area contributed by atoms with E-state index in [2.05, 4.69) is 11.0 Å². The fourth-order valence-corrected chi connectivity index (χ4v) is 5.41. The number of ether oxygens (including phenoxy) is 1. The van der Waals surface area contributed by atoms with Crippen molar-refractivity contribution in [2.45, 2.75) is 26.3 Å². The number of carbonyl (C=O) groups is 1. The summed E-state index contributed by atoms with van der Waals surface area (Å²) < 4.78 is 28.9. The molecule has 6 nitrogen and oxygen atoms in total. The maximum absolute atomic E-state index is 12.4. The van der Waals surface area contributed by atoms with Crippen molar-refractivity contribution in [3.05, 3.63) is 29.3 Å². The molecule has 2 aliphatic heterocycles. The van der Waals surface area contributed by atoms with Crippen LogP contribution in [0.5, 0.6) is 5.75 Å². The Morgan fingerprint density at radius 1 is 1.12 bits per heavy atom. The molecular formula is C18H26N2O4S. The van der Waals surface area contributed by atoms with Crippen LogP contribution in [0.25, 0.3) is 0 Å². The lowest BCUT2D eigenvalue weighted by Crippen LogP contribution is -2.53. The summed E-state index contributed by atoms with van der Waals surface area (Å²) in [6, 6.07) is 6.04. The zero-order valence-electron chi connectivity index (χ0n) is 14.9. The van der Waals surface area contributed by atoms with E-state index in [9.17, 15) is 13.2 Å². The van der Waals surface area contributed by atoms with Crippen LogP contribution in [0.2, 0.25) is 0 Å². The van der Waals surface area contributed by atoms with E-state index in [0.717, 1.165) is 30.0 Å². The lowest BCUT2D eigenvalue weighted by molar-refractivity contribution is -0.135. The zero-order chi connectivity index (χ0) is 18.0. The number of hydrogen-bond donors (Lipinski definition) is 0. The molecule has 1 atom stereocenters. The van der Waals surface area contributed by atoms with E-state index in [1.807, 2.05) is 30.9 Å². The number of nitrogens with zero attached hydrogens (tertiary/aromatic N) is 2. The standard InChI is InChI=1S/C18H26N2O4S/c1-14-9-15(2)11-17(10-14)24-12-18(21)20-6-4-19(5-7-20)16-3-8-25(22,23)13-16/h9-11,16H,3-8,12-13H2,1-2H3/t16-/m1/s1. The summed E-state index contributed by atoms with van der Waals surface area (Å²) in [6.45, 7) is 6.77. The quantitative estimate of drug-likeness (QED) is 0.796. The van der Waals surface area contributed by atoms with Gasteiger partial charge in [-0.15, -0.1) is 0 Å². The van der Waals surface area contributed by atoms with Gasteiger partial charge in [-0.2, -0.15) is 0 Å². The molecule has 0 aromatic heterocycles. The summed E-state index contributed by atoms with van der Waals surface area (Å²) in [6.07, 6.45) is 0.714. The maximum atomic E-state index is 12.4. The van der Waals surface area contributed by atoms with Crippen LogP contribution in [0.3, 0.4) is 0 Å². The Bertz CT molecular complexity index is 719. The van der Waals surface area contributed by atoms with Crippen LogP contribution < -0.4 is 4.74 Å². The lowest BCUT2D eigenvalue weighted by atomic mass is 10.1. The Hall–Kier alpha value is -1.60. The first-order chi connectivity index (χ1) is 11.8. The molecule has 1 aromatic rings. The Kier molecular flexibility index (Phi) is 5.34. The minimum Gasteiger partial charge on any atom is -0.484 e. The summed E-state index contributed by atoms with van der Waals surface area (Å²) in [5.41, 5.74) is 2.23. The number of piperazine rings is 1. The number of aryl methyl sites for hydroxylation is 2. The van der Waals surface area contributed by atoms with Gasteiger partial charge in [0, 0.05) is 32.2 Å². The highest BCUT2D eigenvalue weighted by atomic mass is 32.2. The van der Waals surface area contributed by atoms with Gasteiger partial charge < -0.3 is 9.64 Å². The van der Waals surface area contributed by atoms with Crippen LogP contribution >= 0.6 is 0 Å². The molecule has 1 aromatic carbocycles. The second-order valence-corrected chi connectivity index (χ2v) is 9.31. The van der Waals surface area contributed by atoms with Gasteiger partial charge in [-0.25, -0.2) is 8.42 Å². The highest BCUT2D eigenvalue weighted by molar-refractivity contribution is 7.91. The molecule has 3 rings (SSSR count). The molecule has 25 heavy (non-hydrogen) atoms. The van der Waals surface area contributed by atoms with Crippen LogP contribution in [-0.2, 0) is 14.6 Å². The van der Waals surface area contributed by atoms with Gasteiger partial charge in [0.1, 0.15) is 5.75 Å². The Morgan fingerprint density at radius 3 is 2.32 bits per heavy atom. The highest BCUT2D eigenvalue weighted by Crippen LogP contribution is 2.20. The number of sulfone groups is 1. The van der Waals surface area contributed by atoms with Gasteiger partial charge in [-0.05, 0) is 43.5 Å². The van der Waals surface area contributed by atoms with Crippen LogP contribution in [0.4, 0.5) is 0 Å². The van der Waals surface area contributed by atoms with Crippen molar-refractivity contribution in [3.63, 3.8) is 0 Å². The average Bonchev–Trinajstić information content (AvgIpc) is 2.92. The van der Waals surface area contributed by atoms with E-state index >= 15 is 0 Å². The van der Waals surface area contributed by atoms with Gasteiger partial charge in [-0.1, -0.05) is 6.07 Å². The summed E-state index contributed by atoms with van der Waals surface area (Å²) in [4.78, 5) is 16.4. The second-order valence-electron chi connectivity index (χ2n) is 7.09. The SMILES string of the molecule is Cc1cc(C)cc(OCC(=O)N2CCN([C@@H]3CCS(=O)(=O)C3)CC2)c1. The number of rotatable bonds is 4. The van der Waals surface area contributed by atoms with Gasteiger partial charge >= 0.3 is 0 Å². The van der Waals surface area contributed by atoms with E-state index < -0.39 is 9.84 Å². The predicted molar refractivity (Wildman–Crippen MR) is 96.6 cm³/mol. The molecule has 0 bridgehead atoms. The molecule has 2 fully saturated rings. The molecule has 2 aliphatic rings. The molecule has 0 N–H and O–H groups in total. The maximum Gasteiger partial charge on any atom is 0.260 e. The Morgan fingerprint density at radius 2 is 1.76 bits per heavy atom. The number of benzene rings is 1. The third kappa shape index (κ3) is 4.73. The van der Waals surface area contributed by atoms with Gasteiger partial charge in [0.15, 0.2) is 16.4 Å². The minimum absolute atomic E-state index is 0.0159. The lowest BCUT2D eigenvalue weighted by Gasteiger charge is -2.37. The van der Waals surface area contributed by atoms with Gasteiger partial charge in [-0.3, -0.25) is 9.69 Å². The molecule has 0 unspecified atom stereocenters. The summed E-state index contributed by atoms with van der Waals surface area (Å²) in [7, 11) is -2.86. The van der Waals surface area contributed by atoms with E-state index in [1.54, 1.807) is 0 Å². The van der Waals surface area contributed by atoms with Crippen molar-refractivity contribution in [3.8, 4) is 5.75 Å². The number of carbonyl (C=O) groups excluding carboxylic acids is 1. The van der Waals surface area contributed by atoms with Gasteiger partial charge in [0.25, 0.3) is 5.91 Å². The topological polar surface area (TPSA) is 66.9 Å². The fourth-order valence-electron chi connectivity index (χ4n) is 3.65. The van der Waals surface area contributed by atoms with Gasteiger partial charge in [0.05, 0.1) is 11.5 Å². The summed E-state index contributed by atoms with van der Waals surface area (Å²) in [5.74, 6) is 1.26. The molecule has 7 heteroatoms. The second kappa shape index (κ2) is 7.33. The third-order valence-electron chi connectivity index (χ3n) is 4.95. The molecule has 0 spiro atoms. The minimum atomic E-state index is -2.86. The third-order valence-corrected chi connectivity index (χ3v) is 6.70. The zero-order valence-corrected chi connectivity index (χ0v) is 15.7. The van der Waals surface area contributed by atoms with E-state index in [1.165, 1.54) is 0 Å². The molecule has 2 saturated heterocycles. The smallest absolute Gasteiger partial charge is 0.260 e. The Balaban J connectivity index is 1.47. The highest BCUT2D eigenvalue weighted by Gasteiger charge is 2.34. The van der Waals surface area contributed by atoms with Crippen molar-refractivity contribution in [1.82, 2.24) is 9.80 Å². The largest absolute Gasteiger partial charge is 0.484 e. The average molecular weight is 366 g/mol. The Labute approximate surface area is 149 Å². The molecule has 0 radical (unpaired) electrons. The first kappa shape index (κ1) is 18.2. The molecule has 1 amide bonds. The number of hydrogen-bond acceptors (Lipinski definition) is 5. The van der Waals surface area contributed by atoms with Crippen LogP contribution in [0.1, 0.15) is 17.5 Å². The van der Waals surface area contributed by atoms with Crippen LogP contribution in [-0.4, -0.2) is 74.5 Å². The van der Waals surface area contributed by atoms with Crippen molar-refractivity contribution < 1.29 is 17.9 Å². The summed E-state index contributed by atoms with van der Waals surface area (Å²) >= 11 is 0. The molecular weight excluding hydrogens is 340 g/mol. The van der Waals surface area contributed by atoms with Crippen molar-refractivity contribution in [2.75, 3.05) is 44.3 Å². The normalized spacial score (nSPS) is 23.6. The van der Waals surface area contributed by atoms with Gasteiger partial charge in [0.2, 0.25) is 0 Å². The van der Waals surface area contributed by atoms with Crippen molar-refractivity contribution in [2.24, 2.45) is 0 Å². The predicted octanol–water partition coefficient (Wildman–Crippen LogP) is 1.01. The molecule has 0 aliphatic carbocycles. The molecule has 0 saturated carbocycles. The first-order valence-corrected chi connectivity index (χ1v) is 10.6. The monoisotopic (exact) mass is 366 g/mol. The van der Waals surface area contributed by atoms with Crippen LogP contribution in [0.15, 0.2) is 18.2 Å². The van der Waals surface area contributed by atoms with Crippen molar-refractivity contribution >= 4 is 15.7 Å². The summed E-state index contributed by atoms with van der Waals surface area (Å²) in [5, 5.41) is 0. The molecule has 138 valence electrons. The van der Waals surface area contributed by atoms with E-state index in [0.29, 0.717) is 25.3 Å². The number of amides is 1. The van der Waals surface area contributed by atoms with Crippen molar-refractivity contribution in [1.29, 1.82) is 0 Å². The van der Waals surface area contributed by atoms with E-state index in [4.69, 9.17) is 4.74 Å². The first-order valence-electron chi connectivity index (χ1n) is 8.76.